The van der Waals surface area contributed by atoms with Crippen molar-refractivity contribution >= 4 is 34.3 Å². The summed E-state index contributed by atoms with van der Waals surface area (Å²) in [6, 6.07) is 12.1. The molecule has 0 unspecified atom stereocenters. The molecule has 0 radical (unpaired) electrons. The van der Waals surface area contributed by atoms with Crippen LogP contribution in [0.15, 0.2) is 42.5 Å². The van der Waals surface area contributed by atoms with E-state index < -0.39 is 12.1 Å². The van der Waals surface area contributed by atoms with Crippen molar-refractivity contribution in [2.45, 2.75) is 18.9 Å². The molecule has 0 saturated carbocycles. The number of carbonyl (C=O) groups is 3. The summed E-state index contributed by atoms with van der Waals surface area (Å²) in [6.07, 6.45) is 0.570. The number of imide groups is 1. The van der Waals surface area contributed by atoms with E-state index in [-0.39, 0.29) is 18.2 Å². The van der Waals surface area contributed by atoms with Gasteiger partial charge in [0.25, 0.3) is 5.91 Å². The first-order valence-electron chi connectivity index (χ1n) is 9.63. The van der Waals surface area contributed by atoms with E-state index in [0.717, 1.165) is 23.9 Å². The normalized spacial score (nSPS) is 20.7. The number of nitrogens with one attached hydrogen (secondary N) is 1. The summed E-state index contributed by atoms with van der Waals surface area (Å²) in [7, 11) is 2.04. The van der Waals surface area contributed by atoms with Crippen molar-refractivity contribution in [1.82, 2.24) is 15.1 Å². The molecule has 0 aromatic heterocycles. The van der Waals surface area contributed by atoms with Crippen LogP contribution >= 0.6 is 0 Å². The Bertz CT molecular complexity index is 916. The monoisotopic (exact) mass is 380 g/mol. The average Bonchev–Trinajstić information content (AvgIpc) is 2.99. The zero-order valence-electron chi connectivity index (χ0n) is 15.9. The second-order valence-electron chi connectivity index (χ2n) is 7.40. The molecule has 7 nitrogen and oxygen atoms in total. The van der Waals surface area contributed by atoms with Crippen LogP contribution in [-0.2, 0) is 9.59 Å². The molecule has 2 aliphatic heterocycles. The maximum Gasteiger partial charge on any atom is 0.329 e. The van der Waals surface area contributed by atoms with Gasteiger partial charge in [0.05, 0.1) is 5.69 Å². The molecule has 4 amide bonds. The van der Waals surface area contributed by atoms with Gasteiger partial charge < -0.3 is 15.1 Å². The Morgan fingerprint density at radius 1 is 1.04 bits per heavy atom. The van der Waals surface area contributed by atoms with Gasteiger partial charge in [-0.25, -0.2) is 9.69 Å². The lowest BCUT2D eigenvalue weighted by molar-refractivity contribution is -0.133. The number of rotatable bonds is 4. The number of anilines is 1. The highest BCUT2D eigenvalue weighted by Crippen LogP contribution is 2.29. The number of piperazine rings is 1. The van der Waals surface area contributed by atoms with E-state index in [0.29, 0.717) is 25.2 Å². The molecule has 2 aromatic rings. The van der Waals surface area contributed by atoms with Crippen LogP contribution in [0.1, 0.15) is 12.8 Å². The number of hydrogen-bond donors (Lipinski definition) is 1. The molecule has 2 aliphatic rings. The fraction of sp³-hybridized carbons (Fsp3) is 0.381. The lowest BCUT2D eigenvalue weighted by Gasteiger charge is -2.32. The number of amides is 4. The highest BCUT2D eigenvalue weighted by Gasteiger charge is 2.39. The number of fused-ring (bicyclic) bond motifs is 1. The third-order valence-corrected chi connectivity index (χ3v) is 5.53. The first-order valence-corrected chi connectivity index (χ1v) is 9.63. The molecule has 146 valence electrons. The van der Waals surface area contributed by atoms with Crippen LogP contribution in [0.2, 0.25) is 0 Å². The first-order chi connectivity index (χ1) is 13.5. The van der Waals surface area contributed by atoms with Crippen molar-refractivity contribution in [1.29, 1.82) is 0 Å². The SMILES string of the molecule is CN1CCN(C(=O)CC[C@H]2NC(=O)N(c3cccc4ccccc34)C2=O)CC1. The molecule has 0 spiro atoms. The average molecular weight is 380 g/mol. The van der Waals surface area contributed by atoms with Crippen LogP contribution in [0.3, 0.4) is 0 Å². The molecule has 4 rings (SSSR count). The van der Waals surface area contributed by atoms with Crippen molar-refractivity contribution < 1.29 is 14.4 Å². The Morgan fingerprint density at radius 2 is 1.75 bits per heavy atom. The summed E-state index contributed by atoms with van der Waals surface area (Å²) in [5.41, 5.74) is 0.577. The van der Waals surface area contributed by atoms with Crippen molar-refractivity contribution in [2.24, 2.45) is 0 Å². The maximum atomic E-state index is 12.9. The lowest BCUT2D eigenvalue weighted by atomic mass is 10.1. The molecule has 1 atom stereocenters. The molecule has 2 fully saturated rings. The molecule has 0 aliphatic carbocycles. The highest BCUT2D eigenvalue weighted by molar-refractivity contribution is 6.24. The summed E-state index contributed by atoms with van der Waals surface area (Å²) in [5.74, 6) is -0.258. The zero-order chi connectivity index (χ0) is 19.7. The number of likely N-dealkylation sites (N-methyl/N-ethyl adjacent to an activating group) is 1. The van der Waals surface area contributed by atoms with E-state index in [1.807, 2.05) is 48.3 Å². The van der Waals surface area contributed by atoms with E-state index in [4.69, 9.17) is 0 Å². The Hall–Kier alpha value is -2.93. The number of benzene rings is 2. The Kier molecular flexibility index (Phi) is 5.00. The summed E-state index contributed by atoms with van der Waals surface area (Å²) >= 11 is 0. The minimum Gasteiger partial charge on any atom is -0.340 e. The second kappa shape index (κ2) is 7.59. The lowest BCUT2D eigenvalue weighted by Crippen LogP contribution is -2.47. The fourth-order valence-corrected chi connectivity index (χ4v) is 3.84. The minimum absolute atomic E-state index is 0.0405. The number of urea groups is 1. The summed E-state index contributed by atoms with van der Waals surface area (Å²) in [4.78, 5) is 43.1. The minimum atomic E-state index is -0.664. The molecule has 2 saturated heterocycles. The number of carbonyl (C=O) groups excluding carboxylic acids is 3. The number of hydrogen-bond acceptors (Lipinski definition) is 4. The van der Waals surface area contributed by atoms with E-state index in [9.17, 15) is 14.4 Å². The van der Waals surface area contributed by atoms with Crippen LogP contribution < -0.4 is 10.2 Å². The van der Waals surface area contributed by atoms with Gasteiger partial charge in [-0.1, -0.05) is 36.4 Å². The molecule has 2 aromatic carbocycles. The summed E-state index contributed by atoms with van der Waals surface area (Å²) in [6.45, 7) is 3.14. The van der Waals surface area contributed by atoms with Gasteiger partial charge in [-0.3, -0.25) is 9.59 Å². The van der Waals surface area contributed by atoms with E-state index >= 15 is 0 Å². The van der Waals surface area contributed by atoms with Crippen molar-refractivity contribution in [3.8, 4) is 0 Å². The predicted molar refractivity (Wildman–Crippen MR) is 107 cm³/mol. The molecule has 0 bridgehead atoms. The van der Waals surface area contributed by atoms with Gasteiger partial charge in [-0.15, -0.1) is 0 Å². The van der Waals surface area contributed by atoms with Crippen molar-refractivity contribution in [3.05, 3.63) is 42.5 Å². The van der Waals surface area contributed by atoms with Crippen molar-refractivity contribution in [3.63, 3.8) is 0 Å². The quantitative estimate of drug-likeness (QED) is 0.822. The van der Waals surface area contributed by atoms with Gasteiger partial charge in [-0.2, -0.15) is 0 Å². The van der Waals surface area contributed by atoms with Gasteiger partial charge in [0.15, 0.2) is 0 Å². The Labute approximate surface area is 163 Å². The largest absolute Gasteiger partial charge is 0.340 e. The Balaban J connectivity index is 1.45. The van der Waals surface area contributed by atoms with E-state index in [2.05, 4.69) is 10.2 Å². The molecular formula is C21H24N4O3. The van der Waals surface area contributed by atoms with Gasteiger partial charge >= 0.3 is 6.03 Å². The van der Waals surface area contributed by atoms with Gasteiger partial charge in [-0.05, 0) is 24.9 Å². The first kappa shape index (κ1) is 18.4. The second-order valence-corrected chi connectivity index (χ2v) is 7.40. The van der Waals surface area contributed by atoms with Crippen LogP contribution in [0.4, 0.5) is 10.5 Å². The number of nitrogens with zero attached hydrogens (tertiary/aromatic N) is 3. The fourth-order valence-electron chi connectivity index (χ4n) is 3.84. The van der Waals surface area contributed by atoms with Gasteiger partial charge in [0, 0.05) is 38.0 Å². The third kappa shape index (κ3) is 3.45. The summed E-state index contributed by atoms with van der Waals surface area (Å²) < 4.78 is 0. The molecule has 28 heavy (non-hydrogen) atoms. The smallest absolute Gasteiger partial charge is 0.329 e. The molecule has 2 heterocycles. The van der Waals surface area contributed by atoms with Crippen LogP contribution in [0.25, 0.3) is 10.8 Å². The highest BCUT2D eigenvalue weighted by atomic mass is 16.2. The van der Waals surface area contributed by atoms with E-state index in [1.165, 1.54) is 4.90 Å². The van der Waals surface area contributed by atoms with Crippen LogP contribution in [-0.4, -0.2) is 66.9 Å². The molecular weight excluding hydrogens is 356 g/mol. The van der Waals surface area contributed by atoms with Crippen LogP contribution in [0.5, 0.6) is 0 Å². The third-order valence-electron chi connectivity index (χ3n) is 5.53. The molecule has 7 heteroatoms. The summed E-state index contributed by atoms with van der Waals surface area (Å²) in [5, 5.41) is 4.56. The standard InChI is InChI=1S/C21H24N4O3/c1-23-11-13-24(14-12-23)19(26)10-9-17-20(27)25(21(28)22-17)18-8-4-6-15-5-2-3-7-16(15)18/h2-8,17H,9-14H2,1H3,(H,22,28)/t17-/m1/s1. The van der Waals surface area contributed by atoms with Crippen LogP contribution in [0, 0.1) is 0 Å². The molecule has 1 N–H and O–H groups in total. The van der Waals surface area contributed by atoms with Crippen molar-refractivity contribution in [2.75, 3.05) is 38.1 Å². The topological polar surface area (TPSA) is 73.0 Å². The van der Waals surface area contributed by atoms with Gasteiger partial charge in [0.1, 0.15) is 6.04 Å². The maximum absolute atomic E-state index is 12.9. The Morgan fingerprint density at radius 3 is 2.54 bits per heavy atom. The zero-order valence-corrected chi connectivity index (χ0v) is 15.9. The van der Waals surface area contributed by atoms with E-state index in [1.54, 1.807) is 6.07 Å². The predicted octanol–water partition coefficient (Wildman–Crippen LogP) is 1.82. The van der Waals surface area contributed by atoms with Gasteiger partial charge in [0.2, 0.25) is 5.91 Å².